The number of carbonyl (C=O) groups is 3. The molecular formula is C10H17NO5. The number of ketones is 1. The zero-order chi connectivity index (χ0) is 12.9. The largest absolute Gasteiger partial charge is 0.467 e. The van der Waals surface area contributed by atoms with Gasteiger partial charge < -0.3 is 14.8 Å². The van der Waals surface area contributed by atoms with Crippen LogP contribution < -0.4 is 5.32 Å². The number of amides is 1. The SMILES string of the molecule is COC(=O)C(NC(=O)OC(C)(C)C)C(C)=O. The monoisotopic (exact) mass is 231 g/mol. The van der Waals surface area contributed by atoms with Crippen LogP contribution in [0.2, 0.25) is 0 Å². The van der Waals surface area contributed by atoms with Gasteiger partial charge in [-0.25, -0.2) is 9.59 Å². The minimum atomic E-state index is -1.32. The molecule has 0 aliphatic heterocycles. The molecule has 0 aliphatic carbocycles. The minimum Gasteiger partial charge on any atom is -0.467 e. The van der Waals surface area contributed by atoms with Gasteiger partial charge in [-0.05, 0) is 27.7 Å². The molecule has 6 nitrogen and oxygen atoms in total. The third-order valence-electron chi connectivity index (χ3n) is 1.50. The average Bonchev–Trinajstić information content (AvgIpc) is 2.09. The highest BCUT2D eigenvalue weighted by molar-refractivity contribution is 6.04. The van der Waals surface area contributed by atoms with Gasteiger partial charge in [0.2, 0.25) is 0 Å². The van der Waals surface area contributed by atoms with Crippen molar-refractivity contribution >= 4 is 17.8 Å². The van der Waals surface area contributed by atoms with E-state index in [1.54, 1.807) is 20.8 Å². The standard InChI is InChI=1S/C10H17NO5/c1-6(12)7(8(13)15-5)11-9(14)16-10(2,3)4/h7H,1-5H3,(H,11,14). The van der Waals surface area contributed by atoms with Crippen LogP contribution in [0.15, 0.2) is 0 Å². The normalized spacial score (nSPS) is 12.6. The lowest BCUT2D eigenvalue weighted by molar-refractivity contribution is -0.146. The van der Waals surface area contributed by atoms with E-state index >= 15 is 0 Å². The highest BCUT2D eigenvalue weighted by Crippen LogP contribution is 2.07. The van der Waals surface area contributed by atoms with E-state index in [1.165, 1.54) is 6.92 Å². The summed E-state index contributed by atoms with van der Waals surface area (Å²) in [4.78, 5) is 33.5. The van der Waals surface area contributed by atoms with Gasteiger partial charge >= 0.3 is 12.1 Å². The molecule has 0 aromatic heterocycles. The van der Waals surface area contributed by atoms with Crippen LogP contribution in [0.1, 0.15) is 27.7 Å². The molecule has 0 fully saturated rings. The van der Waals surface area contributed by atoms with Gasteiger partial charge in [0.05, 0.1) is 7.11 Å². The Labute approximate surface area is 94.3 Å². The van der Waals surface area contributed by atoms with E-state index in [9.17, 15) is 14.4 Å². The highest BCUT2D eigenvalue weighted by Gasteiger charge is 2.28. The third kappa shape index (κ3) is 5.33. The zero-order valence-electron chi connectivity index (χ0n) is 10.1. The van der Waals surface area contributed by atoms with E-state index in [4.69, 9.17) is 4.74 Å². The van der Waals surface area contributed by atoms with E-state index in [1.807, 2.05) is 0 Å². The van der Waals surface area contributed by atoms with E-state index in [2.05, 4.69) is 10.1 Å². The first-order valence-electron chi connectivity index (χ1n) is 4.75. The molecular weight excluding hydrogens is 214 g/mol. The van der Waals surface area contributed by atoms with E-state index in [-0.39, 0.29) is 0 Å². The number of nitrogens with one attached hydrogen (secondary N) is 1. The number of esters is 1. The van der Waals surface area contributed by atoms with Crippen LogP contribution in [-0.2, 0) is 19.1 Å². The van der Waals surface area contributed by atoms with Crippen LogP contribution in [0.4, 0.5) is 4.79 Å². The Bertz CT molecular complexity index is 292. The molecule has 0 rings (SSSR count). The van der Waals surface area contributed by atoms with Crippen LogP contribution in [-0.4, -0.2) is 36.6 Å². The summed E-state index contributed by atoms with van der Waals surface area (Å²) in [6.07, 6.45) is -0.835. The molecule has 0 saturated carbocycles. The van der Waals surface area contributed by atoms with Crippen molar-refractivity contribution in [3.63, 3.8) is 0 Å². The van der Waals surface area contributed by atoms with Gasteiger partial charge in [0.15, 0.2) is 11.8 Å². The average molecular weight is 231 g/mol. The van der Waals surface area contributed by atoms with E-state index in [0.29, 0.717) is 0 Å². The van der Waals surface area contributed by atoms with Crippen molar-refractivity contribution in [2.24, 2.45) is 0 Å². The second kappa shape index (κ2) is 5.48. The summed E-state index contributed by atoms with van der Waals surface area (Å²) >= 11 is 0. The number of hydrogen-bond donors (Lipinski definition) is 1. The predicted molar refractivity (Wildman–Crippen MR) is 55.9 cm³/mol. The summed E-state index contributed by atoms with van der Waals surface area (Å²) in [5.74, 6) is -1.34. The lowest BCUT2D eigenvalue weighted by Gasteiger charge is -2.21. The molecule has 0 bridgehead atoms. The molecule has 1 N–H and O–H groups in total. The first-order valence-corrected chi connectivity index (χ1v) is 4.75. The molecule has 0 aromatic rings. The van der Waals surface area contributed by atoms with Gasteiger partial charge in [-0.2, -0.15) is 0 Å². The summed E-state index contributed by atoms with van der Waals surface area (Å²) < 4.78 is 9.28. The minimum absolute atomic E-state index is 0.516. The van der Waals surface area contributed by atoms with Crippen molar-refractivity contribution in [3.05, 3.63) is 0 Å². The Kier molecular flexibility index (Phi) is 4.94. The second-order valence-corrected chi connectivity index (χ2v) is 4.21. The van der Waals surface area contributed by atoms with Crippen LogP contribution in [0.5, 0.6) is 0 Å². The van der Waals surface area contributed by atoms with E-state index < -0.39 is 29.5 Å². The molecule has 1 unspecified atom stereocenters. The van der Waals surface area contributed by atoms with Gasteiger partial charge in [-0.3, -0.25) is 4.79 Å². The van der Waals surface area contributed by atoms with Crippen molar-refractivity contribution < 1.29 is 23.9 Å². The number of hydrogen-bond acceptors (Lipinski definition) is 5. The van der Waals surface area contributed by atoms with Crippen molar-refractivity contribution in [2.75, 3.05) is 7.11 Å². The predicted octanol–water partition coefficient (Wildman–Crippen LogP) is 0.642. The molecule has 0 spiro atoms. The number of Topliss-reactive ketones (excluding diaryl/α,β-unsaturated/α-hetero) is 1. The number of alkyl carbamates (subject to hydrolysis) is 1. The second-order valence-electron chi connectivity index (χ2n) is 4.21. The first kappa shape index (κ1) is 14.4. The number of ether oxygens (including phenoxy) is 2. The highest BCUT2D eigenvalue weighted by atomic mass is 16.6. The van der Waals surface area contributed by atoms with Gasteiger partial charge in [-0.1, -0.05) is 0 Å². The lowest BCUT2D eigenvalue weighted by atomic mass is 10.2. The fourth-order valence-electron chi connectivity index (χ4n) is 0.870. The molecule has 16 heavy (non-hydrogen) atoms. The summed E-state index contributed by atoms with van der Waals surface area (Å²) in [6.45, 7) is 6.20. The quantitative estimate of drug-likeness (QED) is 0.569. The Balaban J connectivity index is 4.48. The van der Waals surface area contributed by atoms with Crippen LogP contribution >= 0.6 is 0 Å². The van der Waals surface area contributed by atoms with Crippen LogP contribution in [0.25, 0.3) is 0 Å². The molecule has 1 amide bonds. The number of methoxy groups -OCH3 is 1. The Hall–Kier alpha value is -1.59. The maximum absolute atomic E-state index is 11.3. The van der Waals surface area contributed by atoms with Crippen LogP contribution in [0.3, 0.4) is 0 Å². The molecule has 0 saturated heterocycles. The van der Waals surface area contributed by atoms with Gasteiger partial charge in [-0.15, -0.1) is 0 Å². The molecule has 0 heterocycles. The summed E-state index contributed by atoms with van der Waals surface area (Å²) in [5, 5.41) is 2.14. The van der Waals surface area contributed by atoms with Crippen molar-refractivity contribution in [1.29, 1.82) is 0 Å². The van der Waals surface area contributed by atoms with Crippen molar-refractivity contribution in [2.45, 2.75) is 39.3 Å². The Morgan fingerprint density at radius 3 is 2.00 bits per heavy atom. The van der Waals surface area contributed by atoms with Gasteiger partial charge in [0, 0.05) is 0 Å². The maximum Gasteiger partial charge on any atom is 0.408 e. The van der Waals surface area contributed by atoms with Crippen molar-refractivity contribution in [1.82, 2.24) is 5.32 Å². The number of rotatable bonds is 3. The number of carbonyl (C=O) groups excluding carboxylic acids is 3. The fraction of sp³-hybridized carbons (Fsp3) is 0.700. The molecule has 0 radical (unpaired) electrons. The van der Waals surface area contributed by atoms with Gasteiger partial charge in [0.1, 0.15) is 5.60 Å². The first-order chi connectivity index (χ1) is 7.17. The molecule has 6 heteroatoms. The van der Waals surface area contributed by atoms with Crippen molar-refractivity contribution in [3.8, 4) is 0 Å². The summed E-state index contributed by atoms with van der Waals surface area (Å²) in [7, 11) is 1.13. The topological polar surface area (TPSA) is 81.7 Å². The van der Waals surface area contributed by atoms with E-state index in [0.717, 1.165) is 7.11 Å². The smallest absolute Gasteiger partial charge is 0.408 e. The third-order valence-corrected chi connectivity index (χ3v) is 1.50. The summed E-state index contributed by atoms with van der Waals surface area (Å²) in [6, 6.07) is -1.32. The Morgan fingerprint density at radius 1 is 1.19 bits per heavy atom. The maximum atomic E-state index is 11.3. The van der Waals surface area contributed by atoms with Crippen LogP contribution in [0, 0.1) is 0 Å². The molecule has 1 atom stereocenters. The summed E-state index contributed by atoms with van der Waals surface area (Å²) in [5.41, 5.74) is -0.693. The lowest BCUT2D eigenvalue weighted by Crippen LogP contribution is -2.47. The Morgan fingerprint density at radius 2 is 1.69 bits per heavy atom. The molecule has 0 aromatic carbocycles. The van der Waals surface area contributed by atoms with Gasteiger partial charge in [0.25, 0.3) is 0 Å². The zero-order valence-corrected chi connectivity index (χ0v) is 10.1. The fourth-order valence-corrected chi connectivity index (χ4v) is 0.870. The molecule has 0 aliphatic rings. The molecule has 92 valence electrons.